The van der Waals surface area contributed by atoms with Crippen molar-refractivity contribution in [3.63, 3.8) is 0 Å². The summed E-state index contributed by atoms with van der Waals surface area (Å²) in [6.45, 7) is 8.10. The van der Waals surface area contributed by atoms with Gasteiger partial charge in [0, 0.05) is 61.8 Å². The Hall–Kier alpha value is -4.40. The number of benzene rings is 1. The number of tetrazole rings is 1. The molecule has 47 heavy (non-hydrogen) atoms. The van der Waals surface area contributed by atoms with Crippen molar-refractivity contribution in [2.24, 2.45) is 0 Å². The first kappa shape index (κ1) is 31.2. The van der Waals surface area contributed by atoms with E-state index in [2.05, 4.69) is 49.7 Å². The first-order chi connectivity index (χ1) is 22.6. The summed E-state index contributed by atoms with van der Waals surface area (Å²) in [6, 6.07) is 5.71. The van der Waals surface area contributed by atoms with E-state index in [-0.39, 0.29) is 28.6 Å². The molecule has 5 aromatic rings. The Morgan fingerprint density at radius 2 is 2.02 bits per heavy atom. The van der Waals surface area contributed by atoms with Crippen LogP contribution in [0.1, 0.15) is 36.7 Å². The van der Waals surface area contributed by atoms with Gasteiger partial charge in [0.05, 0.1) is 41.3 Å². The molecule has 2 aliphatic heterocycles. The van der Waals surface area contributed by atoms with E-state index in [0.29, 0.717) is 49.1 Å². The number of carbonyl (C=O) groups is 1. The molecule has 2 aliphatic rings. The molecule has 1 amide bonds. The number of nitrogens with zero attached hydrogens (tertiary/aromatic N) is 8. The van der Waals surface area contributed by atoms with Gasteiger partial charge in [-0.05, 0) is 53.4 Å². The van der Waals surface area contributed by atoms with Crippen LogP contribution in [0.25, 0.3) is 33.4 Å². The van der Waals surface area contributed by atoms with Crippen molar-refractivity contribution < 1.29 is 18.7 Å². The predicted molar refractivity (Wildman–Crippen MR) is 177 cm³/mol. The highest BCUT2D eigenvalue weighted by Gasteiger charge is 2.42. The summed E-state index contributed by atoms with van der Waals surface area (Å²) >= 11 is 6.18. The van der Waals surface area contributed by atoms with Crippen molar-refractivity contribution >= 4 is 42.1 Å². The van der Waals surface area contributed by atoms with Gasteiger partial charge in [0.15, 0.2) is 5.82 Å². The Bertz CT molecular complexity index is 1990. The molecule has 0 spiro atoms. The highest BCUT2D eigenvalue weighted by atomic mass is 35.5. The van der Waals surface area contributed by atoms with Gasteiger partial charge in [-0.1, -0.05) is 31.2 Å². The van der Waals surface area contributed by atoms with E-state index in [9.17, 15) is 4.79 Å². The fourth-order valence-electron chi connectivity index (χ4n) is 6.49. The molecule has 6 heterocycles. The van der Waals surface area contributed by atoms with Crippen molar-refractivity contribution in [2.75, 3.05) is 13.7 Å². The number of carbonyl (C=O) groups excluding carboxylic acids is 1. The second-order valence-electron chi connectivity index (χ2n) is 13.2. The van der Waals surface area contributed by atoms with Gasteiger partial charge in [-0.3, -0.25) is 4.79 Å². The van der Waals surface area contributed by atoms with E-state index in [1.54, 1.807) is 25.6 Å². The van der Waals surface area contributed by atoms with E-state index in [1.165, 1.54) is 23.2 Å². The molecule has 1 aromatic carbocycles. The number of H-pyrrole nitrogens is 1. The lowest BCUT2D eigenvalue weighted by molar-refractivity contribution is -0.129. The number of imidazole rings is 1. The molecule has 2 atom stereocenters. The molecule has 0 radical (unpaired) electrons. The Morgan fingerprint density at radius 1 is 1.17 bits per heavy atom. The summed E-state index contributed by atoms with van der Waals surface area (Å²) in [4.78, 5) is 28.3. The fraction of sp³-hybridized carbons (Fsp3) is 0.375. The van der Waals surface area contributed by atoms with Crippen LogP contribution in [-0.4, -0.2) is 78.4 Å². The van der Waals surface area contributed by atoms with Gasteiger partial charge in [0.25, 0.3) is 0 Å². The van der Waals surface area contributed by atoms with E-state index in [0.717, 1.165) is 34.6 Å². The fourth-order valence-corrected chi connectivity index (χ4v) is 7.40. The molecule has 1 saturated heterocycles. The third-order valence-corrected chi connectivity index (χ3v) is 10.9. The molecule has 15 heteroatoms. The first-order valence-electron chi connectivity index (χ1n) is 15.5. The predicted octanol–water partition coefficient (Wildman–Crippen LogP) is 6.03. The van der Waals surface area contributed by atoms with Crippen molar-refractivity contribution in [3.8, 4) is 22.8 Å². The maximum atomic E-state index is 15.5. The smallest absolute Gasteiger partial charge is 0.247 e. The third kappa shape index (κ3) is 5.96. The zero-order valence-corrected chi connectivity index (χ0v) is 28.3. The number of rotatable bonds is 10. The number of aromatic amines is 1. The molecule has 12 nitrogen and oxygen atoms in total. The zero-order chi connectivity index (χ0) is 32.9. The van der Waals surface area contributed by atoms with Gasteiger partial charge in [0.1, 0.15) is 18.9 Å². The van der Waals surface area contributed by atoms with Crippen LogP contribution < -0.4 is 4.74 Å². The molecule has 1 fully saturated rings. The van der Waals surface area contributed by atoms with Gasteiger partial charge in [-0.15, -0.1) is 5.10 Å². The molecule has 0 saturated carbocycles. The minimum Gasteiger partial charge on any atom is -0.481 e. The molecule has 0 bridgehead atoms. The molecule has 0 aliphatic carbocycles. The van der Waals surface area contributed by atoms with E-state index in [1.807, 2.05) is 17.2 Å². The number of halogens is 2. The molecule has 1 N–H and O–H groups in total. The second kappa shape index (κ2) is 12.3. The van der Waals surface area contributed by atoms with Gasteiger partial charge in [-0.25, -0.2) is 14.4 Å². The average Bonchev–Trinajstić information content (AvgIpc) is 3.86. The van der Waals surface area contributed by atoms with Crippen LogP contribution in [-0.2, 0) is 16.3 Å². The molecular weight excluding hydrogens is 641 g/mol. The van der Waals surface area contributed by atoms with Gasteiger partial charge < -0.3 is 23.9 Å². The first-order valence-corrected chi connectivity index (χ1v) is 19.6. The summed E-state index contributed by atoms with van der Waals surface area (Å²) in [5.41, 5.74) is 3.89. The lowest BCUT2D eigenvalue weighted by Crippen LogP contribution is -2.39. The summed E-state index contributed by atoms with van der Waals surface area (Å²) < 4.78 is 30.4. The number of pyridine rings is 1. The van der Waals surface area contributed by atoms with Crippen molar-refractivity contribution in [3.05, 3.63) is 71.4 Å². The van der Waals surface area contributed by atoms with Crippen molar-refractivity contribution in [1.29, 1.82) is 0 Å². The highest BCUT2D eigenvalue weighted by Crippen LogP contribution is 2.44. The summed E-state index contributed by atoms with van der Waals surface area (Å²) in [7, 11) is 0.381. The molecule has 1 unspecified atom stereocenters. The Kier molecular flexibility index (Phi) is 8.18. The van der Waals surface area contributed by atoms with E-state index >= 15 is 4.39 Å². The molecule has 244 valence electrons. The lowest BCUT2D eigenvalue weighted by Gasteiger charge is -2.33. The maximum absolute atomic E-state index is 15.5. The number of ether oxygens (including phenoxy) is 2. The Balaban J connectivity index is 1.16. The number of hydrogen-bond donors (Lipinski definition) is 1. The van der Waals surface area contributed by atoms with Crippen LogP contribution in [0.2, 0.25) is 30.7 Å². The van der Waals surface area contributed by atoms with Crippen LogP contribution in [0.3, 0.4) is 0 Å². The summed E-state index contributed by atoms with van der Waals surface area (Å²) in [5.74, 6) is 0.406. The van der Waals surface area contributed by atoms with E-state index < -0.39 is 13.9 Å². The Morgan fingerprint density at radius 3 is 2.79 bits per heavy atom. The normalized spacial score (nSPS) is 18.2. The number of nitrogens with one attached hydrogen (secondary N) is 1. The largest absolute Gasteiger partial charge is 0.481 e. The topological polar surface area (TPSA) is 129 Å². The van der Waals surface area contributed by atoms with Gasteiger partial charge in [0.2, 0.25) is 11.8 Å². The average molecular weight is 676 g/mol. The lowest BCUT2D eigenvalue weighted by atomic mass is 9.92. The molecule has 4 aromatic heterocycles. The summed E-state index contributed by atoms with van der Waals surface area (Å²) in [6.07, 6.45) is 10.4. The number of aromatic nitrogens is 8. The number of methoxy groups -OCH3 is 1. The number of amides is 1. The van der Waals surface area contributed by atoms with Gasteiger partial charge >= 0.3 is 0 Å². The standard InChI is InChI=1S/C32H35ClFN9O3Si/c1-45-28-13-27-21(14-35-28)22(16-41(27)18-46-9-10-47(2,3)4)24-15-36-32(38-24)26-7-5-20-11-19(12-29(44)43(20)26)30-25(42-17-37-39-40-42)8-6-23(33)31(30)34/h6,8,12-17,20,26H,5,7,9-11,18H2,1-4H3,(H,36,38)/t20?,26-/m0/s1. The minimum atomic E-state index is -1.22. The summed E-state index contributed by atoms with van der Waals surface area (Å²) in [5, 5.41) is 12.2. The van der Waals surface area contributed by atoms with Gasteiger partial charge in [-0.2, -0.15) is 4.68 Å². The van der Waals surface area contributed by atoms with Crippen LogP contribution >= 0.6 is 11.6 Å². The third-order valence-electron chi connectivity index (χ3n) is 8.88. The molecular formula is C32H35ClFN9O3Si. The highest BCUT2D eigenvalue weighted by molar-refractivity contribution is 6.76. The van der Waals surface area contributed by atoms with Crippen LogP contribution in [0.15, 0.2) is 49.2 Å². The number of hydrogen-bond acceptors (Lipinski definition) is 8. The number of fused-ring (bicyclic) bond motifs is 2. The van der Waals surface area contributed by atoms with Crippen molar-refractivity contribution in [1.82, 2.24) is 44.6 Å². The SMILES string of the molecule is COc1cc2c(cn1)c(-c1cnc([C@@H]3CCC4CC(c5c(-n6cnnn6)ccc(Cl)c5F)=CC(=O)N43)[nH]1)cn2COCC[Si](C)(C)C. The monoisotopic (exact) mass is 675 g/mol. The second-order valence-corrected chi connectivity index (χ2v) is 19.2. The zero-order valence-electron chi connectivity index (χ0n) is 26.6. The van der Waals surface area contributed by atoms with Crippen LogP contribution in [0.5, 0.6) is 5.88 Å². The minimum absolute atomic E-state index is 0.0341. The maximum Gasteiger partial charge on any atom is 0.247 e. The molecule has 7 rings (SSSR count). The van der Waals surface area contributed by atoms with Crippen LogP contribution in [0.4, 0.5) is 4.39 Å². The van der Waals surface area contributed by atoms with Crippen molar-refractivity contribution in [2.45, 2.75) is 63.8 Å². The quantitative estimate of drug-likeness (QED) is 0.140. The van der Waals surface area contributed by atoms with Crippen LogP contribution in [0, 0.1) is 5.82 Å². The Labute approximate surface area is 276 Å². The van der Waals surface area contributed by atoms with E-state index in [4.69, 9.17) is 26.1 Å².